The lowest BCUT2D eigenvalue weighted by atomic mass is 9.95. The Bertz CT molecular complexity index is 1200. The Morgan fingerprint density at radius 2 is 1.87 bits per heavy atom. The van der Waals surface area contributed by atoms with Gasteiger partial charge in [-0.25, -0.2) is 4.79 Å². The summed E-state index contributed by atoms with van der Waals surface area (Å²) in [7, 11) is 1.51. The van der Waals surface area contributed by atoms with Gasteiger partial charge < -0.3 is 19.4 Å². The molecule has 0 atom stereocenters. The molecule has 2 amide bonds. The Labute approximate surface area is 183 Å². The topological polar surface area (TPSA) is 88.8 Å². The molecule has 0 aliphatic carbocycles. The summed E-state index contributed by atoms with van der Waals surface area (Å²) in [5, 5.41) is 4.12. The van der Waals surface area contributed by atoms with E-state index in [0.717, 1.165) is 5.39 Å². The normalized spacial score (nSPS) is 14.5. The highest BCUT2D eigenvalue weighted by molar-refractivity contribution is 6.31. The zero-order valence-electron chi connectivity index (χ0n) is 16.9. The van der Waals surface area contributed by atoms with Gasteiger partial charge in [0.15, 0.2) is 0 Å². The molecule has 1 fully saturated rings. The lowest BCUT2D eigenvalue weighted by molar-refractivity contribution is -0.121. The molecular formula is C23H21ClN2O5. The largest absolute Gasteiger partial charge is 0.496 e. The van der Waals surface area contributed by atoms with Gasteiger partial charge in [-0.05, 0) is 55.3 Å². The molecule has 1 saturated heterocycles. The average Bonchev–Trinajstić information content (AvgIpc) is 2.78. The predicted molar refractivity (Wildman–Crippen MR) is 118 cm³/mol. The number of hydrogen-bond acceptors (Lipinski definition) is 5. The van der Waals surface area contributed by atoms with Crippen LogP contribution < -0.4 is 15.7 Å². The van der Waals surface area contributed by atoms with Crippen LogP contribution in [0.1, 0.15) is 23.2 Å². The Balaban J connectivity index is 1.39. The summed E-state index contributed by atoms with van der Waals surface area (Å²) in [6.07, 6.45) is 1.12. The maximum atomic E-state index is 12.9. The van der Waals surface area contributed by atoms with Gasteiger partial charge in [-0.1, -0.05) is 11.6 Å². The molecule has 3 aromatic rings. The second kappa shape index (κ2) is 8.81. The number of methoxy groups -OCH3 is 1. The number of likely N-dealkylation sites (tertiary alicyclic amines) is 1. The molecule has 7 nitrogen and oxygen atoms in total. The molecule has 0 saturated carbocycles. The third-order valence-corrected chi connectivity index (χ3v) is 5.67. The number of carbonyl (C=O) groups excluding carboxylic acids is 2. The van der Waals surface area contributed by atoms with Crippen LogP contribution in [-0.4, -0.2) is 36.9 Å². The number of halogens is 1. The first-order chi connectivity index (χ1) is 14.9. The van der Waals surface area contributed by atoms with Crippen LogP contribution in [-0.2, 0) is 4.79 Å². The van der Waals surface area contributed by atoms with Gasteiger partial charge in [0.2, 0.25) is 5.91 Å². The van der Waals surface area contributed by atoms with E-state index in [0.29, 0.717) is 53.5 Å². The van der Waals surface area contributed by atoms with Crippen molar-refractivity contribution in [1.29, 1.82) is 0 Å². The molecule has 1 aliphatic heterocycles. The van der Waals surface area contributed by atoms with E-state index < -0.39 is 5.63 Å². The van der Waals surface area contributed by atoms with E-state index in [2.05, 4.69) is 5.32 Å². The van der Waals surface area contributed by atoms with E-state index in [1.165, 1.54) is 13.2 Å². The number of hydrogen-bond donors (Lipinski definition) is 1. The number of piperidine rings is 1. The van der Waals surface area contributed by atoms with Gasteiger partial charge in [0.05, 0.1) is 12.7 Å². The molecule has 8 heteroatoms. The van der Waals surface area contributed by atoms with E-state index in [4.69, 9.17) is 20.8 Å². The quantitative estimate of drug-likeness (QED) is 0.620. The van der Waals surface area contributed by atoms with E-state index in [9.17, 15) is 14.4 Å². The molecule has 1 aliphatic rings. The van der Waals surface area contributed by atoms with Gasteiger partial charge in [-0.3, -0.25) is 9.59 Å². The van der Waals surface area contributed by atoms with Crippen molar-refractivity contribution in [3.05, 3.63) is 69.5 Å². The zero-order chi connectivity index (χ0) is 22.0. The van der Waals surface area contributed by atoms with Crippen LogP contribution in [0.2, 0.25) is 5.02 Å². The lowest BCUT2D eigenvalue weighted by Gasteiger charge is -2.31. The Morgan fingerprint density at radius 1 is 1.10 bits per heavy atom. The number of anilines is 1. The van der Waals surface area contributed by atoms with Crippen LogP contribution in [0, 0.1) is 5.92 Å². The highest BCUT2D eigenvalue weighted by Crippen LogP contribution is 2.27. The summed E-state index contributed by atoms with van der Waals surface area (Å²) in [6, 6.07) is 13.1. The van der Waals surface area contributed by atoms with Crippen LogP contribution in [0.15, 0.2) is 57.7 Å². The predicted octanol–water partition coefficient (Wildman–Crippen LogP) is 3.95. The van der Waals surface area contributed by atoms with Crippen molar-refractivity contribution in [3.63, 3.8) is 0 Å². The van der Waals surface area contributed by atoms with Crippen LogP contribution in [0.3, 0.4) is 0 Å². The number of nitrogens with one attached hydrogen (secondary N) is 1. The summed E-state index contributed by atoms with van der Waals surface area (Å²) in [5.41, 5.74) is 1.10. The third-order valence-electron chi connectivity index (χ3n) is 5.43. The van der Waals surface area contributed by atoms with Crippen molar-refractivity contribution in [2.24, 2.45) is 5.92 Å². The smallest absolute Gasteiger partial charge is 0.336 e. The minimum absolute atomic E-state index is 0.0934. The van der Waals surface area contributed by atoms with E-state index in [1.54, 1.807) is 47.4 Å². The maximum Gasteiger partial charge on any atom is 0.336 e. The summed E-state index contributed by atoms with van der Waals surface area (Å²) >= 11 is 6.04. The van der Waals surface area contributed by atoms with Crippen molar-refractivity contribution in [2.75, 3.05) is 25.5 Å². The molecule has 31 heavy (non-hydrogen) atoms. The number of rotatable bonds is 4. The van der Waals surface area contributed by atoms with Crippen molar-refractivity contribution in [2.45, 2.75) is 12.8 Å². The van der Waals surface area contributed by atoms with Crippen molar-refractivity contribution >= 4 is 40.1 Å². The summed E-state index contributed by atoms with van der Waals surface area (Å²) < 4.78 is 10.4. The first kappa shape index (κ1) is 20.9. The highest BCUT2D eigenvalue weighted by atomic mass is 35.5. The minimum atomic E-state index is -0.416. The lowest BCUT2D eigenvalue weighted by Crippen LogP contribution is -2.41. The molecule has 1 N–H and O–H groups in total. The minimum Gasteiger partial charge on any atom is -0.496 e. The summed E-state index contributed by atoms with van der Waals surface area (Å²) in [4.78, 5) is 38.6. The van der Waals surface area contributed by atoms with E-state index in [-0.39, 0.29) is 17.7 Å². The second-order valence-corrected chi connectivity index (χ2v) is 7.84. The molecule has 0 bridgehead atoms. The molecule has 0 radical (unpaired) electrons. The van der Waals surface area contributed by atoms with Crippen LogP contribution in [0.5, 0.6) is 5.75 Å². The van der Waals surface area contributed by atoms with Gasteiger partial charge in [-0.15, -0.1) is 0 Å². The number of benzene rings is 2. The monoisotopic (exact) mass is 440 g/mol. The van der Waals surface area contributed by atoms with Gasteiger partial charge >= 0.3 is 5.63 Å². The van der Waals surface area contributed by atoms with Gasteiger partial charge in [-0.2, -0.15) is 0 Å². The van der Waals surface area contributed by atoms with Gasteiger partial charge in [0, 0.05) is 41.2 Å². The highest BCUT2D eigenvalue weighted by Gasteiger charge is 2.29. The fraction of sp³-hybridized carbons (Fsp3) is 0.261. The zero-order valence-corrected chi connectivity index (χ0v) is 17.6. The Morgan fingerprint density at radius 3 is 2.61 bits per heavy atom. The van der Waals surface area contributed by atoms with Gasteiger partial charge in [0.1, 0.15) is 11.3 Å². The Hall–Kier alpha value is -3.32. The maximum absolute atomic E-state index is 12.9. The third kappa shape index (κ3) is 4.56. The number of carbonyl (C=O) groups is 2. The van der Waals surface area contributed by atoms with Gasteiger partial charge in [0.25, 0.3) is 5.91 Å². The first-order valence-electron chi connectivity index (χ1n) is 9.92. The van der Waals surface area contributed by atoms with Crippen molar-refractivity contribution in [3.8, 4) is 5.75 Å². The fourth-order valence-corrected chi connectivity index (χ4v) is 3.93. The number of fused-ring (bicyclic) bond motifs is 1. The van der Waals surface area contributed by atoms with E-state index in [1.807, 2.05) is 0 Å². The molecule has 0 unspecified atom stereocenters. The Kier molecular flexibility index (Phi) is 5.95. The SMILES string of the molecule is COc1ccc(Cl)cc1C(=O)N1CCC(C(=O)Nc2ccc3oc(=O)ccc3c2)CC1. The molecule has 0 spiro atoms. The molecular weight excluding hydrogens is 420 g/mol. The van der Waals surface area contributed by atoms with Crippen molar-refractivity contribution in [1.82, 2.24) is 4.90 Å². The van der Waals surface area contributed by atoms with Crippen LogP contribution >= 0.6 is 11.6 Å². The van der Waals surface area contributed by atoms with Crippen LogP contribution in [0.25, 0.3) is 11.0 Å². The standard InChI is InChI=1S/C23H21ClN2O5/c1-30-20-5-3-16(24)13-18(20)23(29)26-10-8-14(9-11-26)22(28)25-17-4-6-19-15(12-17)2-7-21(27)31-19/h2-7,12-14H,8-11H2,1H3,(H,25,28). The summed E-state index contributed by atoms with van der Waals surface area (Å²) in [5.74, 6) is 0.0227. The molecule has 2 heterocycles. The van der Waals surface area contributed by atoms with Crippen molar-refractivity contribution < 1.29 is 18.7 Å². The number of amides is 2. The molecule has 160 valence electrons. The summed E-state index contributed by atoms with van der Waals surface area (Å²) in [6.45, 7) is 0.935. The van der Waals surface area contributed by atoms with E-state index >= 15 is 0 Å². The fourth-order valence-electron chi connectivity index (χ4n) is 3.76. The first-order valence-corrected chi connectivity index (χ1v) is 10.3. The average molecular weight is 441 g/mol. The number of ether oxygens (including phenoxy) is 1. The molecule has 2 aromatic carbocycles. The molecule has 1 aromatic heterocycles. The molecule has 4 rings (SSSR count). The number of nitrogens with zero attached hydrogens (tertiary/aromatic N) is 1. The van der Waals surface area contributed by atoms with Crippen LogP contribution in [0.4, 0.5) is 5.69 Å². The second-order valence-electron chi connectivity index (χ2n) is 7.41.